The van der Waals surface area contributed by atoms with Crippen LogP contribution in [0.1, 0.15) is 18.9 Å². The van der Waals surface area contributed by atoms with Gasteiger partial charge in [0.1, 0.15) is 0 Å². The van der Waals surface area contributed by atoms with Gasteiger partial charge in [-0.05, 0) is 37.6 Å². The first-order chi connectivity index (χ1) is 8.61. The van der Waals surface area contributed by atoms with Crippen LogP contribution in [0.5, 0.6) is 0 Å². The van der Waals surface area contributed by atoms with Gasteiger partial charge < -0.3 is 10.2 Å². The highest BCUT2D eigenvalue weighted by atomic mass is 35.5. The van der Waals surface area contributed by atoms with Gasteiger partial charge in [-0.3, -0.25) is 0 Å². The maximum absolute atomic E-state index is 8.81. The maximum atomic E-state index is 8.81. The van der Waals surface area contributed by atoms with Gasteiger partial charge in [-0.2, -0.15) is 5.26 Å². The molecule has 0 radical (unpaired) electrons. The van der Waals surface area contributed by atoms with Crippen LogP contribution >= 0.6 is 11.6 Å². The molecule has 1 N–H and O–H groups in total. The zero-order chi connectivity index (χ0) is 13.1. The fourth-order valence-corrected chi connectivity index (χ4v) is 2.68. The summed E-state index contributed by atoms with van der Waals surface area (Å²) in [5.41, 5.74) is 2.41. The lowest BCUT2D eigenvalue weighted by molar-refractivity contribution is 0.408. The van der Waals surface area contributed by atoms with Crippen LogP contribution in [0.3, 0.4) is 0 Å². The summed E-state index contributed by atoms with van der Waals surface area (Å²) in [6.45, 7) is 6.06. The minimum atomic E-state index is 0.251. The average molecular weight is 264 g/mol. The normalized spacial score (nSPS) is 23.8. The molecule has 96 valence electrons. The summed E-state index contributed by atoms with van der Waals surface area (Å²) in [5, 5.41) is 13.0. The molecule has 0 aromatic heterocycles. The van der Waals surface area contributed by atoms with Crippen LogP contribution in [0.15, 0.2) is 18.2 Å². The molecule has 2 atom stereocenters. The number of nitriles is 1. The SMILES string of the molecule is Cc1cc(Cl)ccc1N1CC(CC#N)NCC1C. The van der Waals surface area contributed by atoms with Crippen molar-refractivity contribution in [3.63, 3.8) is 0 Å². The molecule has 0 spiro atoms. The highest BCUT2D eigenvalue weighted by Gasteiger charge is 2.25. The molecule has 1 aliphatic rings. The van der Waals surface area contributed by atoms with Crippen molar-refractivity contribution < 1.29 is 0 Å². The van der Waals surface area contributed by atoms with Crippen molar-refractivity contribution in [3.05, 3.63) is 28.8 Å². The molecule has 2 unspecified atom stereocenters. The van der Waals surface area contributed by atoms with Gasteiger partial charge in [0.2, 0.25) is 0 Å². The second kappa shape index (κ2) is 5.60. The van der Waals surface area contributed by atoms with E-state index in [1.165, 1.54) is 11.3 Å². The maximum Gasteiger partial charge on any atom is 0.0638 e. The first-order valence-electron chi connectivity index (χ1n) is 6.25. The summed E-state index contributed by atoms with van der Waals surface area (Å²) in [5.74, 6) is 0. The Balaban J connectivity index is 2.22. The molecule has 0 saturated carbocycles. The van der Waals surface area contributed by atoms with Crippen molar-refractivity contribution >= 4 is 17.3 Å². The Morgan fingerprint density at radius 1 is 1.56 bits per heavy atom. The van der Waals surface area contributed by atoms with Crippen molar-refractivity contribution in [1.82, 2.24) is 5.32 Å². The first kappa shape index (κ1) is 13.2. The van der Waals surface area contributed by atoms with Crippen molar-refractivity contribution in [2.75, 3.05) is 18.0 Å². The van der Waals surface area contributed by atoms with E-state index in [1.807, 2.05) is 12.1 Å². The number of nitrogens with zero attached hydrogens (tertiary/aromatic N) is 2. The van der Waals surface area contributed by atoms with Gasteiger partial charge >= 0.3 is 0 Å². The molecule has 18 heavy (non-hydrogen) atoms. The zero-order valence-electron chi connectivity index (χ0n) is 10.8. The van der Waals surface area contributed by atoms with E-state index >= 15 is 0 Å². The lowest BCUT2D eigenvalue weighted by Crippen LogP contribution is -2.55. The second-order valence-corrected chi connectivity index (χ2v) is 5.34. The van der Waals surface area contributed by atoms with Crippen LogP contribution in [0.25, 0.3) is 0 Å². The monoisotopic (exact) mass is 263 g/mol. The van der Waals surface area contributed by atoms with Gasteiger partial charge in [0, 0.05) is 35.9 Å². The van der Waals surface area contributed by atoms with Gasteiger partial charge in [0.25, 0.3) is 0 Å². The van der Waals surface area contributed by atoms with Gasteiger partial charge in [-0.25, -0.2) is 0 Å². The van der Waals surface area contributed by atoms with Gasteiger partial charge in [-0.1, -0.05) is 11.6 Å². The van der Waals surface area contributed by atoms with Gasteiger partial charge in [0.05, 0.1) is 12.5 Å². The number of aryl methyl sites for hydroxylation is 1. The Morgan fingerprint density at radius 3 is 3.00 bits per heavy atom. The molecule has 0 bridgehead atoms. The highest BCUT2D eigenvalue weighted by Crippen LogP contribution is 2.26. The minimum Gasteiger partial charge on any atom is -0.366 e. The molecule has 1 saturated heterocycles. The van der Waals surface area contributed by atoms with Crippen molar-refractivity contribution in [2.45, 2.75) is 32.4 Å². The number of hydrogen-bond donors (Lipinski definition) is 1. The quantitative estimate of drug-likeness (QED) is 0.892. The van der Waals surface area contributed by atoms with E-state index in [-0.39, 0.29) is 6.04 Å². The standard InChI is InChI=1S/C14H18ClN3/c1-10-7-12(15)3-4-14(10)18-9-13(5-6-16)17-8-11(18)2/h3-4,7,11,13,17H,5,8-9H2,1-2H3. The Bertz CT molecular complexity index is 467. The molecule has 1 aromatic rings. The van der Waals surface area contributed by atoms with E-state index in [1.54, 1.807) is 0 Å². The fraction of sp³-hybridized carbons (Fsp3) is 0.500. The Hall–Kier alpha value is -1.24. The van der Waals surface area contributed by atoms with Crippen molar-refractivity contribution in [1.29, 1.82) is 5.26 Å². The Kier molecular flexibility index (Phi) is 4.11. The number of anilines is 1. The van der Waals surface area contributed by atoms with Crippen LogP contribution in [-0.4, -0.2) is 25.2 Å². The largest absolute Gasteiger partial charge is 0.366 e. The molecule has 0 amide bonds. The Labute approximate surface area is 113 Å². The van der Waals surface area contributed by atoms with Crippen molar-refractivity contribution in [2.24, 2.45) is 0 Å². The van der Waals surface area contributed by atoms with Crippen LogP contribution in [0.2, 0.25) is 5.02 Å². The molecule has 4 heteroatoms. The number of hydrogen-bond acceptors (Lipinski definition) is 3. The van der Waals surface area contributed by atoms with Crippen LogP contribution in [0, 0.1) is 18.3 Å². The number of halogens is 1. The highest BCUT2D eigenvalue weighted by molar-refractivity contribution is 6.30. The molecule has 1 aliphatic heterocycles. The van der Waals surface area contributed by atoms with Gasteiger partial charge in [-0.15, -0.1) is 0 Å². The predicted molar refractivity (Wildman–Crippen MR) is 75.0 cm³/mol. The van der Waals surface area contributed by atoms with E-state index in [9.17, 15) is 0 Å². The lowest BCUT2D eigenvalue weighted by Gasteiger charge is -2.40. The van der Waals surface area contributed by atoms with E-state index in [2.05, 4.69) is 36.2 Å². The van der Waals surface area contributed by atoms with Crippen LogP contribution in [0.4, 0.5) is 5.69 Å². The molecular formula is C14H18ClN3. The molecule has 1 heterocycles. The number of benzene rings is 1. The third kappa shape index (κ3) is 2.77. The summed E-state index contributed by atoms with van der Waals surface area (Å²) in [6, 6.07) is 8.91. The van der Waals surface area contributed by atoms with E-state index in [0.29, 0.717) is 12.5 Å². The number of nitrogens with one attached hydrogen (secondary N) is 1. The summed E-state index contributed by atoms with van der Waals surface area (Å²) >= 11 is 6.00. The van der Waals surface area contributed by atoms with E-state index < -0.39 is 0 Å². The minimum absolute atomic E-state index is 0.251. The van der Waals surface area contributed by atoms with E-state index in [4.69, 9.17) is 16.9 Å². The van der Waals surface area contributed by atoms with Crippen LogP contribution in [-0.2, 0) is 0 Å². The molecule has 1 aromatic carbocycles. The third-order valence-electron chi connectivity index (χ3n) is 3.46. The average Bonchev–Trinajstić information content (AvgIpc) is 2.33. The second-order valence-electron chi connectivity index (χ2n) is 4.90. The third-order valence-corrected chi connectivity index (χ3v) is 3.69. The van der Waals surface area contributed by atoms with E-state index in [0.717, 1.165) is 18.1 Å². The summed E-state index contributed by atoms with van der Waals surface area (Å²) in [7, 11) is 0. The molecule has 0 aliphatic carbocycles. The smallest absolute Gasteiger partial charge is 0.0638 e. The van der Waals surface area contributed by atoms with Gasteiger partial charge in [0.15, 0.2) is 0 Å². The van der Waals surface area contributed by atoms with Crippen LogP contribution < -0.4 is 10.2 Å². The molecular weight excluding hydrogens is 246 g/mol. The fourth-order valence-electron chi connectivity index (χ4n) is 2.45. The number of piperazine rings is 1. The molecule has 2 rings (SSSR count). The summed E-state index contributed by atoms with van der Waals surface area (Å²) < 4.78 is 0. The topological polar surface area (TPSA) is 39.1 Å². The molecule has 1 fully saturated rings. The first-order valence-corrected chi connectivity index (χ1v) is 6.62. The Morgan fingerprint density at radius 2 is 2.33 bits per heavy atom. The lowest BCUT2D eigenvalue weighted by atomic mass is 10.0. The molecule has 3 nitrogen and oxygen atoms in total. The summed E-state index contributed by atoms with van der Waals surface area (Å²) in [6.07, 6.45) is 0.551. The van der Waals surface area contributed by atoms with Crippen molar-refractivity contribution in [3.8, 4) is 6.07 Å². The summed E-state index contributed by atoms with van der Waals surface area (Å²) in [4.78, 5) is 2.37. The predicted octanol–water partition coefficient (Wildman–Crippen LogP) is 2.73. The zero-order valence-corrected chi connectivity index (χ0v) is 11.5. The number of rotatable bonds is 2.